The number of alkyl halides is 1. The molecule has 1 aromatic rings. The predicted octanol–water partition coefficient (Wildman–Crippen LogP) is 1.69. The van der Waals surface area contributed by atoms with Gasteiger partial charge in [-0.15, -0.1) is 11.6 Å². The number of aryl methyl sites for hydroxylation is 1. The Balaban J connectivity index is 2.58. The van der Waals surface area contributed by atoms with Crippen LogP contribution in [0.25, 0.3) is 0 Å². The van der Waals surface area contributed by atoms with Crippen LogP contribution in [0.5, 0.6) is 0 Å². The van der Waals surface area contributed by atoms with Gasteiger partial charge < -0.3 is 9.52 Å². The molecular weight excluding hydrogens is 180 g/mol. The number of carboxylic acid groups (broad SMARTS) is 1. The Hall–Kier alpha value is -0.960. The van der Waals surface area contributed by atoms with Gasteiger partial charge in [-0.25, -0.2) is 0 Å². The second-order valence-corrected chi connectivity index (χ2v) is 2.81. The zero-order valence-electron chi connectivity index (χ0n) is 6.42. The molecule has 1 N–H and O–H groups in total. The highest BCUT2D eigenvalue weighted by atomic mass is 35.5. The molecule has 0 spiro atoms. The monoisotopic (exact) mass is 188 g/mol. The second-order valence-electron chi connectivity index (χ2n) is 2.43. The first-order valence-corrected chi connectivity index (χ1v) is 4.10. The molecule has 1 aromatic heterocycles. The molecule has 0 unspecified atom stereocenters. The Morgan fingerprint density at radius 2 is 2.42 bits per heavy atom. The fourth-order valence-corrected chi connectivity index (χ4v) is 1.10. The third-order valence-electron chi connectivity index (χ3n) is 1.40. The molecule has 0 radical (unpaired) electrons. The average molecular weight is 189 g/mol. The van der Waals surface area contributed by atoms with Gasteiger partial charge in [0.25, 0.3) is 0 Å². The van der Waals surface area contributed by atoms with Gasteiger partial charge in [0, 0.05) is 17.9 Å². The standard InChI is InChI=1S/C8H9ClO3/c9-2-1-7-3-6(5-12-7)4-8(10)11/h3,5H,1-2,4H2,(H,10,11). The van der Waals surface area contributed by atoms with Crippen molar-refractivity contribution < 1.29 is 14.3 Å². The van der Waals surface area contributed by atoms with E-state index < -0.39 is 5.97 Å². The lowest BCUT2D eigenvalue weighted by atomic mass is 10.2. The molecule has 0 fully saturated rings. The fraction of sp³-hybridized carbons (Fsp3) is 0.375. The minimum Gasteiger partial charge on any atom is -0.481 e. The maximum absolute atomic E-state index is 10.3. The Morgan fingerprint density at radius 3 is 3.00 bits per heavy atom. The number of hydrogen-bond donors (Lipinski definition) is 1. The molecule has 0 atom stereocenters. The number of halogens is 1. The van der Waals surface area contributed by atoms with Gasteiger partial charge in [-0.2, -0.15) is 0 Å². The van der Waals surface area contributed by atoms with Gasteiger partial charge in [0.05, 0.1) is 12.7 Å². The Bertz CT molecular complexity index is 267. The van der Waals surface area contributed by atoms with E-state index in [1.165, 1.54) is 6.26 Å². The minimum absolute atomic E-state index is 0.00574. The van der Waals surface area contributed by atoms with Crippen molar-refractivity contribution >= 4 is 17.6 Å². The molecule has 0 saturated heterocycles. The van der Waals surface area contributed by atoms with Crippen LogP contribution in [0, 0.1) is 0 Å². The van der Waals surface area contributed by atoms with Crippen LogP contribution in [0.3, 0.4) is 0 Å². The van der Waals surface area contributed by atoms with Crippen LogP contribution in [0.1, 0.15) is 11.3 Å². The summed E-state index contributed by atoms with van der Waals surface area (Å²) in [6, 6.07) is 1.72. The van der Waals surface area contributed by atoms with E-state index in [4.69, 9.17) is 21.1 Å². The molecular formula is C8H9ClO3. The van der Waals surface area contributed by atoms with Crippen molar-refractivity contribution in [3.05, 3.63) is 23.7 Å². The van der Waals surface area contributed by atoms with Gasteiger partial charge in [-0.05, 0) is 6.07 Å². The molecule has 1 rings (SSSR count). The molecule has 0 aliphatic heterocycles. The van der Waals surface area contributed by atoms with Gasteiger partial charge in [-0.1, -0.05) is 0 Å². The topological polar surface area (TPSA) is 50.4 Å². The van der Waals surface area contributed by atoms with Crippen molar-refractivity contribution in [3.8, 4) is 0 Å². The molecule has 3 nitrogen and oxygen atoms in total. The van der Waals surface area contributed by atoms with E-state index in [1.807, 2.05) is 0 Å². The third-order valence-corrected chi connectivity index (χ3v) is 1.59. The summed E-state index contributed by atoms with van der Waals surface area (Å²) in [5.74, 6) is 0.370. The number of carboxylic acids is 1. The molecule has 0 aliphatic rings. The summed E-state index contributed by atoms with van der Waals surface area (Å²) in [5.41, 5.74) is 0.683. The molecule has 4 heteroatoms. The minimum atomic E-state index is -0.853. The van der Waals surface area contributed by atoms with Gasteiger partial charge >= 0.3 is 5.97 Å². The third kappa shape index (κ3) is 2.58. The van der Waals surface area contributed by atoms with Crippen molar-refractivity contribution in [1.29, 1.82) is 0 Å². The smallest absolute Gasteiger partial charge is 0.307 e. The van der Waals surface area contributed by atoms with E-state index in [-0.39, 0.29) is 6.42 Å². The summed E-state index contributed by atoms with van der Waals surface area (Å²) in [7, 11) is 0. The molecule has 12 heavy (non-hydrogen) atoms. The maximum atomic E-state index is 10.3. The van der Waals surface area contributed by atoms with Crippen LogP contribution in [-0.4, -0.2) is 17.0 Å². The average Bonchev–Trinajstić information content (AvgIpc) is 2.36. The molecule has 0 aliphatic carbocycles. The Morgan fingerprint density at radius 1 is 1.67 bits per heavy atom. The van der Waals surface area contributed by atoms with Crippen molar-refractivity contribution in [1.82, 2.24) is 0 Å². The van der Waals surface area contributed by atoms with Crippen LogP contribution >= 0.6 is 11.6 Å². The number of furan rings is 1. The van der Waals surface area contributed by atoms with Gasteiger partial charge in [0.1, 0.15) is 5.76 Å². The first-order valence-electron chi connectivity index (χ1n) is 3.56. The van der Waals surface area contributed by atoms with Crippen molar-refractivity contribution in [2.45, 2.75) is 12.8 Å². The lowest BCUT2D eigenvalue weighted by Gasteiger charge is -1.86. The highest BCUT2D eigenvalue weighted by Crippen LogP contribution is 2.09. The van der Waals surface area contributed by atoms with Crippen LogP contribution < -0.4 is 0 Å². The van der Waals surface area contributed by atoms with Gasteiger partial charge in [-0.3, -0.25) is 4.79 Å². The largest absolute Gasteiger partial charge is 0.481 e. The van der Waals surface area contributed by atoms with Gasteiger partial charge in [0.15, 0.2) is 0 Å². The zero-order chi connectivity index (χ0) is 8.97. The summed E-state index contributed by atoms with van der Waals surface area (Å²) in [6.45, 7) is 0. The molecule has 1 heterocycles. The van der Waals surface area contributed by atoms with Gasteiger partial charge in [0.2, 0.25) is 0 Å². The molecule has 0 saturated carbocycles. The number of carbonyl (C=O) groups is 1. The van der Waals surface area contributed by atoms with Crippen LogP contribution in [0.4, 0.5) is 0 Å². The van der Waals surface area contributed by atoms with E-state index in [1.54, 1.807) is 6.07 Å². The van der Waals surface area contributed by atoms with E-state index in [0.717, 1.165) is 5.76 Å². The first-order chi connectivity index (χ1) is 5.72. The van der Waals surface area contributed by atoms with Crippen molar-refractivity contribution in [2.75, 3.05) is 5.88 Å². The zero-order valence-corrected chi connectivity index (χ0v) is 7.17. The molecule has 0 aromatic carbocycles. The highest BCUT2D eigenvalue weighted by molar-refractivity contribution is 6.17. The lowest BCUT2D eigenvalue weighted by molar-refractivity contribution is -0.136. The SMILES string of the molecule is O=C(O)Cc1coc(CCCl)c1. The maximum Gasteiger partial charge on any atom is 0.307 e. The normalized spacial score (nSPS) is 10.1. The quantitative estimate of drug-likeness (QED) is 0.732. The highest BCUT2D eigenvalue weighted by Gasteiger charge is 2.04. The first kappa shape index (κ1) is 9.13. The number of rotatable bonds is 4. The van der Waals surface area contributed by atoms with Crippen molar-refractivity contribution in [2.24, 2.45) is 0 Å². The van der Waals surface area contributed by atoms with E-state index >= 15 is 0 Å². The molecule has 66 valence electrons. The summed E-state index contributed by atoms with van der Waals surface area (Å²) in [6.07, 6.45) is 2.10. The Labute approximate surface area is 74.9 Å². The van der Waals surface area contributed by atoms with E-state index in [2.05, 4.69) is 0 Å². The van der Waals surface area contributed by atoms with Crippen LogP contribution in [-0.2, 0) is 17.6 Å². The number of hydrogen-bond acceptors (Lipinski definition) is 2. The van der Waals surface area contributed by atoms with E-state index in [0.29, 0.717) is 17.9 Å². The van der Waals surface area contributed by atoms with Crippen molar-refractivity contribution in [3.63, 3.8) is 0 Å². The predicted molar refractivity (Wildman–Crippen MR) is 44.5 cm³/mol. The lowest BCUT2D eigenvalue weighted by Crippen LogP contribution is -1.98. The summed E-state index contributed by atoms with van der Waals surface area (Å²) < 4.78 is 5.06. The molecule has 0 bridgehead atoms. The second kappa shape index (κ2) is 4.16. The summed E-state index contributed by atoms with van der Waals surface area (Å²) in [4.78, 5) is 10.3. The van der Waals surface area contributed by atoms with E-state index in [9.17, 15) is 4.79 Å². The van der Waals surface area contributed by atoms with Crippen LogP contribution in [0.2, 0.25) is 0 Å². The van der Waals surface area contributed by atoms with Crippen LogP contribution in [0.15, 0.2) is 16.7 Å². The number of aliphatic carboxylic acids is 1. The molecule has 0 amide bonds. The summed E-state index contributed by atoms with van der Waals surface area (Å²) in [5, 5.41) is 8.44. The Kier molecular flexibility index (Phi) is 3.17. The fourth-order valence-electron chi connectivity index (χ4n) is 0.918. The summed E-state index contributed by atoms with van der Waals surface area (Å²) >= 11 is 5.47.